The summed E-state index contributed by atoms with van der Waals surface area (Å²) in [5.41, 5.74) is 8.68. The third-order valence-corrected chi connectivity index (χ3v) is 3.50. The fraction of sp³-hybridized carbons (Fsp3) is 0.200. The van der Waals surface area contributed by atoms with Crippen molar-refractivity contribution in [1.82, 2.24) is 0 Å². The van der Waals surface area contributed by atoms with Crippen molar-refractivity contribution in [1.29, 1.82) is 0 Å². The van der Waals surface area contributed by atoms with Crippen LogP contribution in [0.25, 0.3) is 0 Å². The lowest BCUT2D eigenvalue weighted by atomic mass is 9.98. The molecule has 0 radical (unpaired) electrons. The second kappa shape index (κ2) is 5.59. The third-order valence-electron chi connectivity index (χ3n) is 3.08. The molecule has 19 heavy (non-hydrogen) atoms. The highest BCUT2D eigenvalue weighted by Crippen LogP contribution is 2.27. The highest BCUT2D eigenvalue weighted by atomic mass is 35.5. The molecule has 0 aromatic heterocycles. The van der Waals surface area contributed by atoms with Gasteiger partial charge < -0.3 is 10.5 Å². The smallest absolute Gasteiger partial charge is 0.165 e. The number of methoxy groups -OCH3 is 1. The number of rotatable bonds is 3. The Kier molecular flexibility index (Phi) is 4.08. The van der Waals surface area contributed by atoms with Gasteiger partial charge in [-0.05, 0) is 41.8 Å². The molecule has 2 rings (SSSR count). The van der Waals surface area contributed by atoms with Crippen LogP contribution in [0.1, 0.15) is 22.7 Å². The summed E-state index contributed by atoms with van der Waals surface area (Å²) in [5.74, 6) is -0.204. The van der Waals surface area contributed by atoms with Gasteiger partial charge in [-0.15, -0.1) is 0 Å². The molecule has 0 bridgehead atoms. The molecule has 2 aromatic carbocycles. The van der Waals surface area contributed by atoms with E-state index in [1.807, 2.05) is 19.1 Å². The molecular formula is C15H15ClFNO. The van der Waals surface area contributed by atoms with E-state index >= 15 is 0 Å². The average Bonchev–Trinajstić information content (AvgIpc) is 2.41. The second-order valence-corrected chi connectivity index (χ2v) is 4.79. The first-order valence-corrected chi connectivity index (χ1v) is 6.26. The summed E-state index contributed by atoms with van der Waals surface area (Å²) in [6.45, 7) is 1.91. The van der Waals surface area contributed by atoms with Crippen molar-refractivity contribution in [3.8, 4) is 5.75 Å². The van der Waals surface area contributed by atoms with Gasteiger partial charge in [-0.2, -0.15) is 0 Å². The molecule has 0 aliphatic rings. The van der Waals surface area contributed by atoms with Crippen molar-refractivity contribution in [2.75, 3.05) is 7.11 Å². The first kappa shape index (κ1) is 13.8. The van der Waals surface area contributed by atoms with E-state index in [1.54, 1.807) is 18.2 Å². The Hall–Kier alpha value is -1.58. The summed E-state index contributed by atoms with van der Waals surface area (Å²) in [7, 11) is 1.43. The minimum atomic E-state index is -0.416. The van der Waals surface area contributed by atoms with E-state index in [-0.39, 0.29) is 5.75 Å². The van der Waals surface area contributed by atoms with E-state index in [0.717, 1.165) is 11.1 Å². The number of hydrogen-bond acceptors (Lipinski definition) is 2. The topological polar surface area (TPSA) is 35.2 Å². The van der Waals surface area contributed by atoms with Crippen molar-refractivity contribution < 1.29 is 9.13 Å². The minimum absolute atomic E-state index is 0.211. The van der Waals surface area contributed by atoms with Crippen LogP contribution in [0.5, 0.6) is 5.75 Å². The predicted octanol–water partition coefficient (Wildman–Crippen LogP) is 3.84. The van der Waals surface area contributed by atoms with Crippen molar-refractivity contribution in [3.05, 3.63) is 63.9 Å². The minimum Gasteiger partial charge on any atom is -0.494 e. The summed E-state index contributed by atoms with van der Waals surface area (Å²) in [6.07, 6.45) is 0. The Morgan fingerprint density at radius 1 is 1.16 bits per heavy atom. The van der Waals surface area contributed by atoms with Crippen LogP contribution in [0.15, 0.2) is 36.4 Å². The van der Waals surface area contributed by atoms with Gasteiger partial charge in [-0.1, -0.05) is 29.8 Å². The lowest BCUT2D eigenvalue weighted by Crippen LogP contribution is -2.12. The standard InChI is InChI=1S/C15H15ClFNO/c1-9-7-10(3-5-12(9)16)15(18)11-4-6-14(19-2)13(17)8-11/h3-8,15H,18H2,1-2H3. The van der Waals surface area contributed by atoms with Gasteiger partial charge in [0.25, 0.3) is 0 Å². The molecule has 100 valence electrons. The molecule has 0 saturated heterocycles. The first-order valence-electron chi connectivity index (χ1n) is 5.88. The molecule has 1 atom stereocenters. The molecule has 0 fully saturated rings. The van der Waals surface area contributed by atoms with Gasteiger partial charge >= 0.3 is 0 Å². The Morgan fingerprint density at radius 3 is 2.37 bits per heavy atom. The molecule has 2 N–H and O–H groups in total. The fourth-order valence-corrected chi connectivity index (χ4v) is 2.05. The van der Waals surface area contributed by atoms with Gasteiger partial charge in [0.15, 0.2) is 11.6 Å². The van der Waals surface area contributed by atoms with Crippen LogP contribution in [0.3, 0.4) is 0 Å². The van der Waals surface area contributed by atoms with Crippen LogP contribution >= 0.6 is 11.6 Å². The predicted molar refractivity (Wildman–Crippen MR) is 75.2 cm³/mol. The average molecular weight is 280 g/mol. The Bertz CT molecular complexity index is 601. The number of ether oxygens (including phenoxy) is 1. The van der Waals surface area contributed by atoms with Gasteiger partial charge in [0.1, 0.15) is 0 Å². The van der Waals surface area contributed by atoms with Crippen molar-refractivity contribution in [2.24, 2.45) is 5.73 Å². The lowest BCUT2D eigenvalue weighted by Gasteiger charge is -2.14. The van der Waals surface area contributed by atoms with E-state index in [0.29, 0.717) is 10.6 Å². The lowest BCUT2D eigenvalue weighted by molar-refractivity contribution is 0.386. The summed E-state index contributed by atoms with van der Waals surface area (Å²) in [5, 5.41) is 0.692. The highest BCUT2D eigenvalue weighted by Gasteiger charge is 2.12. The molecule has 0 heterocycles. The maximum Gasteiger partial charge on any atom is 0.165 e. The van der Waals surface area contributed by atoms with Crippen LogP contribution in [-0.4, -0.2) is 7.11 Å². The van der Waals surface area contributed by atoms with Crippen molar-refractivity contribution >= 4 is 11.6 Å². The van der Waals surface area contributed by atoms with E-state index in [2.05, 4.69) is 0 Å². The molecule has 2 aromatic rings. The van der Waals surface area contributed by atoms with Crippen LogP contribution in [0.4, 0.5) is 4.39 Å². The zero-order valence-corrected chi connectivity index (χ0v) is 11.5. The van der Waals surface area contributed by atoms with E-state index in [1.165, 1.54) is 13.2 Å². The number of hydrogen-bond donors (Lipinski definition) is 1. The van der Waals surface area contributed by atoms with Crippen molar-refractivity contribution in [2.45, 2.75) is 13.0 Å². The molecule has 0 amide bonds. The second-order valence-electron chi connectivity index (χ2n) is 4.38. The molecule has 0 saturated carbocycles. The zero-order chi connectivity index (χ0) is 14.0. The third kappa shape index (κ3) is 2.88. The fourth-order valence-electron chi connectivity index (χ4n) is 1.93. The Morgan fingerprint density at radius 2 is 1.79 bits per heavy atom. The van der Waals surface area contributed by atoms with Crippen LogP contribution in [0, 0.1) is 12.7 Å². The number of aryl methyl sites for hydroxylation is 1. The summed E-state index contributed by atoms with van der Waals surface area (Å²) < 4.78 is 18.6. The SMILES string of the molecule is COc1ccc(C(N)c2ccc(Cl)c(C)c2)cc1F. The molecule has 0 aliphatic carbocycles. The largest absolute Gasteiger partial charge is 0.494 e. The molecule has 4 heteroatoms. The van der Waals surface area contributed by atoms with Crippen LogP contribution < -0.4 is 10.5 Å². The molecule has 1 unspecified atom stereocenters. The monoisotopic (exact) mass is 279 g/mol. The van der Waals surface area contributed by atoms with E-state index in [9.17, 15) is 4.39 Å². The maximum absolute atomic E-state index is 13.7. The zero-order valence-electron chi connectivity index (χ0n) is 10.8. The van der Waals surface area contributed by atoms with Crippen LogP contribution in [0.2, 0.25) is 5.02 Å². The van der Waals surface area contributed by atoms with E-state index in [4.69, 9.17) is 22.1 Å². The molecule has 0 spiro atoms. The maximum atomic E-state index is 13.7. The van der Waals surface area contributed by atoms with Crippen molar-refractivity contribution in [3.63, 3.8) is 0 Å². The van der Waals surface area contributed by atoms with Crippen LogP contribution in [-0.2, 0) is 0 Å². The van der Waals surface area contributed by atoms with E-state index < -0.39 is 11.9 Å². The highest BCUT2D eigenvalue weighted by molar-refractivity contribution is 6.31. The molecule has 0 aliphatic heterocycles. The quantitative estimate of drug-likeness (QED) is 0.926. The molecular weight excluding hydrogens is 265 g/mol. The van der Waals surface area contributed by atoms with Gasteiger partial charge in [0, 0.05) is 5.02 Å². The normalized spacial score (nSPS) is 12.3. The number of nitrogens with two attached hydrogens (primary N) is 1. The summed E-state index contributed by atoms with van der Waals surface area (Å²) in [6, 6.07) is 9.90. The number of benzene rings is 2. The summed E-state index contributed by atoms with van der Waals surface area (Å²) >= 11 is 5.98. The summed E-state index contributed by atoms with van der Waals surface area (Å²) in [4.78, 5) is 0. The van der Waals surface area contributed by atoms with Gasteiger partial charge in [0.05, 0.1) is 13.2 Å². The Balaban J connectivity index is 2.35. The first-order chi connectivity index (χ1) is 9.02. The Labute approximate surface area is 117 Å². The van der Waals surface area contributed by atoms with Gasteiger partial charge in [-0.25, -0.2) is 4.39 Å². The van der Waals surface area contributed by atoms with Gasteiger partial charge in [0.2, 0.25) is 0 Å². The van der Waals surface area contributed by atoms with Gasteiger partial charge in [-0.3, -0.25) is 0 Å². The number of halogens is 2. The molecule has 2 nitrogen and oxygen atoms in total.